The lowest BCUT2D eigenvalue weighted by molar-refractivity contribution is -0.0168. The second-order valence-electron chi connectivity index (χ2n) is 7.38. The Morgan fingerprint density at radius 1 is 1.25 bits per heavy atom. The standard InChI is InChI=1S/C19H36N2O3/c1-4-8-19(16-11-17(22)13-20(2)12-16)24-18(15-23-3)14-21-9-6-5-7-10-21/h8,16-18,22H,4-7,9-15H2,1-3H3/b19-8+. The maximum atomic E-state index is 10.1. The van der Waals surface area contributed by atoms with Gasteiger partial charge in [0.05, 0.1) is 18.5 Å². The predicted octanol–water partition coefficient (Wildman–Crippen LogP) is 2.11. The lowest BCUT2D eigenvalue weighted by atomic mass is 9.93. The summed E-state index contributed by atoms with van der Waals surface area (Å²) in [6, 6.07) is 0. The Morgan fingerprint density at radius 2 is 2.00 bits per heavy atom. The summed E-state index contributed by atoms with van der Waals surface area (Å²) < 4.78 is 11.8. The zero-order valence-electron chi connectivity index (χ0n) is 15.7. The molecule has 0 aromatic rings. The fourth-order valence-electron chi connectivity index (χ4n) is 3.94. The average Bonchev–Trinajstić information content (AvgIpc) is 2.54. The van der Waals surface area contributed by atoms with Crippen molar-refractivity contribution in [3.8, 4) is 0 Å². The molecule has 0 aromatic carbocycles. The summed E-state index contributed by atoms with van der Waals surface area (Å²) in [5.41, 5.74) is 0. The third-order valence-electron chi connectivity index (χ3n) is 4.98. The molecule has 0 spiro atoms. The van der Waals surface area contributed by atoms with Gasteiger partial charge in [0.25, 0.3) is 0 Å². The summed E-state index contributed by atoms with van der Waals surface area (Å²) in [7, 11) is 3.81. The maximum absolute atomic E-state index is 10.1. The normalized spacial score (nSPS) is 28.8. The van der Waals surface area contributed by atoms with E-state index in [1.54, 1.807) is 7.11 Å². The molecule has 0 amide bonds. The zero-order valence-corrected chi connectivity index (χ0v) is 15.7. The fraction of sp³-hybridized carbons (Fsp3) is 0.895. The SMILES string of the molecule is CC/C=C(/OC(COC)CN1CCCCC1)C1CC(O)CN(C)C1. The van der Waals surface area contributed by atoms with Crippen molar-refractivity contribution in [3.63, 3.8) is 0 Å². The van der Waals surface area contributed by atoms with Crippen LogP contribution < -0.4 is 0 Å². The molecule has 2 aliphatic heterocycles. The van der Waals surface area contributed by atoms with Crippen LogP contribution >= 0.6 is 0 Å². The van der Waals surface area contributed by atoms with Gasteiger partial charge in [0.2, 0.25) is 0 Å². The molecular weight excluding hydrogens is 304 g/mol. The third-order valence-corrected chi connectivity index (χ3v) is 4.98. The molecule has 0 aliphatic carbocycles. The zero-order chi connectivity index (χ0) is 17.4. The molecule has 3 atom stereocenters. The molecule has 24 heavy (non-hydrogen) atoms. The van der Waals surface area contributed by atoms with E-state index in [2.05, 4.69) is 29.8 Å². The highest BCUT2D eigenvalue weighted by atomic mass is 16.5. The van der Waals surface area contributed by atoms with Crippen LogP contribution in [0, 0.1) is 5.92 Å². The number of allylic oxidation sites excluding steroid dienone is 1. The van der Waals surface area contributed by atoms with Crippen LogP contribution in [0.4, 0.5) is 0 Å². The minimum atomic E-state index is -0.263. The molecule has 5 nitrogen and oxygen atoms in total. The van der Waals surface area contributed by atoms with Crippen LogP contribution in [-0.4, -0.2) is 80.6 Å². The first-order valence-corrected chi connectivity index (χ1v) is 9.57. The van der Waals surface area contributed by atoms with Crippen LogP contribution in [-0.2, 0) is 9.47 Å². The van der Waals surface area contributed by atoms with Crippen LogP contribution in [0.15, 0.2) is 11.8 Å². The van der Waals surface area contributed by atoms with Gasteiger partial charge in [0.15, 0.2) is 0 Å². The number of ether oxygens (including phenoxy) is 2. The third kappa shape index (κ3) is 6.36. The number of likely N-dealkylation sites (tertiary alicyclic amines) is 2. The van der Waals surface area contributed by atoms with Gasteiger partial charge in [-0.25, -0.2) is 0 Å². The van der Waals surface area contributed by atoms with Crippen LogP contribution in [0.5, 0.6) is 0 Å². The highest BCUT2D eigenvalue weighted by molar-refractivity contribution is 5.03. The van der Waals surface area contributed by atoms with E-state index in [0.29, 0.717) is 6.61 Å². The van der Waals surface area contributed by atoms with Gasteiger partial charge in [-0.05, 0) is 51.9 Å². The maximum Gasteiger partial charge on any atom is 0.134 e. The minimum Gasteiger partial charge on any atom is -0.491 e. The summed E-state index contributed by atoms with van der Waals surface area (Å²) in [6.45, 7) is 7.73. The van der Waals surface area contributed by atoms with E-state index in [4.69, 9.17) is 9.47 Å². The van der Waals surface area contributed by atoms with Gasteiger partial charge in [-0.3, -0.25) is 4.90 Å². The van der Waals surface area contributed by atoms with Gasteiger partial charge < -0.3 is 19.5 Å². The summed E-state index contributed by atoms with van der Waals surface area (Å²) in [5, 5.41) is 10.1. The van der Waals surface area contributed by atoms with Crippen LogP contribution in [0.25, 0.3) is 0 Å². The van der Waals surface area contributed by atoms with Gasteiger partial charge >= 0.3 is 0 Å². The number of likely N-dealkylation sites (N-methyl/N-ethyl adjacent to an activating group) is 1. The Labute approximate surface area is 147 Å². The number of nitrogens with zero attached hydrogens (tertiary/aromatic N) is 2. The van der Waals surface area contributed by atoms with E-state index < -0.39 is 0 Å². The summed E-state index contributed by atoms with van der Waals surface area (Å²) in [5.74, 6) is 1.32. The first-order valence-electron chi connectivity index (χ1n) is 9.57. The van der Waals surface area contributed by atoms with Crippen molar-refractivity contribution in [1.29, 1.82) is 0 Å². The van der Waals surface area contributed by atoms with Crippen LogP contribution in [0.1, 0.15) is 39.0 Å². The van der Waals surface area contributed by atoms with Gasteiger partial charge in [-0.1, -0.05) is 13.3 Å². The number of rotatable bonds is 8. The van der Waals surface area contributed by atoms with E-state index in [0.717, 1.165) is 38.2 Å². The van der Waals surface area contributed by atoms with Crippen molar-refractivity contribution in [1.82, 2.24) is 9.80 Å². The van der Waals surface area contributed by atoms with E-state index in [1.165, 1.54) is 32.4 Å². The Hall–Kier alpha value is -0.620. The smallest absolute Gasteiger partial charge is 0.134 e. The molecule has 0 bridgehead atoms. The molecule has 3 unspecified atom stereocenters. The molecule has 0 radical (unpaired) electrons. The molecule has 2 rings (SSSR count). The number of methoxy groups -OCH3 is 1. The number of hydrogen-bond donors (Lipinski definition) is 1. The van der Waals surface area contributed by atoms with Gasteiger partial charge in [0.1, 0.15) is 6.10 Å². The molecule has 2 heterocycles. The van der Waals surface area contributed by atoms with Crippen molar-refractivity contribution in [2.24, 2.45) is 5.92 Å². The van der Waals surface area contributed by atoms with E-state index in [-0.39, 0.29) is 18.1 Å². The van der Waals surface area contributed by atoms with E-state index in [1.807, 2.05) is 0 Å². The quantitative estimate of drug-likeness (QED) is 0.686. The van der Waals surface area contributed by atoms with Crippen molar-refractivity contribution in [2.75, 3.05) is 53.5 Å². The highest BCUT2D eigenvalue weighted by Crippen LogP contribution is 2.26. The molecule has 0 aromatic heterocycles. The minimum absolute atomic E-state index is 0.0651. The number of piperidine rings is 2. The van der Waals surface area contributed by atoms with E-state index >= 15 is 0 Å². The number of aliphatic hydroxyl groups excluding tert-OH is 1. The summed E-state index contributed by atoms with van der Waals surface area (Å²) in [4.78, 5) is 4.69. The molecule has 2 fully saturated rings. The summed E-state index contributed by atoms with van der Waals surface area (Å²) >= 11 is 0. The molecule has 140 valence electrons. The molecular formula is C19H36N2O3. The van der Waals surface area contributed by atoms with Crippen LogP contribution in [0.2, 0.25) is 0 Å². The van der Waals surface area contributed by atoms with Crippen molar-refractivity contribution in [2.45, 2.75) is 51.2 Å². The lowest BCUT2D eigenvalue weighted by Crippen LogP contribution is -2.43. The van der Waals surface area contributed by atoms with Crippen LogP contribution in [0.3, 0.4) is 0 Å². The fourth-order valence-corrected chi connectivity index (χ4v) is 3.94. The monoisotopic (exact) mass is 340 g/mol. The Bertz CT molecular complexity index is 373. The molecule has 5 heteroatoms. The largest absolute Gasteiger partial charge is 0.491 e. The first kappa shape index (κ1) is 19.7. The second-order valence-corrected chi connectivity index (χ2v) is 7.38. The average molecular weight is 341 g/mol. The summed E-state index contributed by atoms with van der Waals surface area (Å²) in [6.07, 6.45) is 7.66. The second kappa shape index (κ2) is 10.4. The number of β-amino-alcohol motifs (C(OH)–C–C–N with tert-alkyl or cyclic N) is 1. The number of hydrogen-bond acceptors (Lipinski definition) is 5. The van der Waals surface area contributed by atoms with Gasteiger partial charge in [-0.15, -0.1) is 0 Å². The molecule has 0 saturated carbocycles. The highest BCUT2D eigenvalue weighted by Gasteiger charge is 2.29. The van der Waals surface area contributed by atoms with Gasteiger partial charge in [0, 0.05) is 32.7 Å². The Kier molecular flexibility index (Phi) is 8.53. The molecule has 2 aliphatic rings. The van der Waals surface area contributed by atoms with Gasteiger partial charge in [-0.2, -0.15) is 0 Å². The van der Waals surface area contributed by atoms with Crippen molar-refractivity contribution >= 4 is 0 Å². The molecule has 1 N–H and O–H groups in total. The Balaban J connectivity index is 1.98. The van der Waals surface area contributed by atoms with Crippen molar-refractivity contribution in [3.05, 3.63) is 11.8 Å². The number of aliphatic hydroxyl groups is 1. The lowest BCUT2D eigenvalue weighted by Gasteiger charge is -2.36. The molecule has 2 saturated heterocycles. The topological polar surface area (TPSA) is 45.2 Å². The van der Waals surface area contributed by atoms with E-state index in [9.17, 15) is 5.11 Å². The Morgan fingerprint density at radius 3 is 2.62 bits per heavy atom. The van der Waals surface area contributed by atoms with Crippen molar-refractivity contribution < 1.29 is 14.6 Å². The predicted molar refractivity (Wildman–Crippen MR) is 97.0 cm³/mol. The first-order chi connectivity index (χ1) is 11.6.